The van der Waals surface area contributed by atoms with Crippen molar-refractivity contribution in [1.29, 1.82) is 0 Å². The number of nitrogens with two attached hydrogens (primary N) is 1. The minimum absolute atomic E-state index is 0.199. The van der Waals surface area contributed by atoms with Gasteiger partial charge in [0.2, 0.25) is 0 Å². The molecule has 0 spiro atoms. The number of carbonyl (C=O) groups excluding carboxylic acids is 1. The molecule has 18 heavy (non-hydrogen) atoms. The Balaban J connectivity index is 1.90. The van der Waals surface area contributed by atoms with Crippen molar-refractivity contribution in [3.63, 3.8) is 0 Å². The second-order valence-electron chi connectivity index (χ2n) is 3.99. The average molecular weight is 248 g/mol. The first-order valence-electron chi connectivity index (χ1n) is 5.66. The van der Waals surface area contributed by atoms with Gasteiger partial charge in [-0.25, -0.2) is 4.98 Å². The summed E-state index contributed by atoms with van der Waals surface area (Å²) in [5.74, 6) is -0.199. The van der Waals surface area contributed by atoms with Crippen molar-refractivity contribution in [2.24, 2.45) is 12.8 Å². The molecule has 96 valence electrons. The van der Waals surface area contributed by atoms with E-state index in [1.165, 1.54) is 0 Å². The zero-order valence-corrected chi connectivity index (χ0v) is 10.2. The van der Waals surface area contributed by atoms with Gasteiger partial charge in [-0.3, -0.25) is 9.48 Å². The third-order valence-corrected chi connectivity index (χ3v) is 2.46. The van der Waals surface area contributed by atoms with Gasteiger partial charge in [-0.2, -0.15) is 5.10 Å². The number of nitrogens with one attached hydrogen (secondary N) is 1. The Labute approximate surface area is 105 Å². The zero-order chi connectivity index (χ0) is 13.0. The van der Waals surface area contributed by atoms with E-state index in [-0.39, 0.29) is 5.91 Å². The molecule has 0 atom stereocenters. The second kappa shape index (κ2) is 5.46. The molecule has 0 aliphatic carbocycles. The van der Waals surface area contributed by atoms with Gasteiger partial charge < -0.3 is 15.6 Å². The third-order valence-electron chi connectivity index (χ3n) is 2.46. The van der Waals surface area contributed by atoms with Crippen LogP contribution < -0.4 is 11.1 Å². The van der Waals surface area contributed by atoms with Crippen molar-refractivity contribution in [2.45, 2.75) is 13.1 Å². The molecule has 0 aliphatic rings. The van der Waals surface area contributed by atoms with Crippen LogP contribution in [-0.2, 0) is 20.1 Å². The Morgan fingerprint density at radius 3 is 3.00 bits per heavy atom. The fourth-order valence-corrected chi connectivity index (χ4v) is 1.58. The van der Waals surface area contributed by atoms with E-state index in [2.05, 4.69) is 15.4 Å². The number of carbonyl (C=O) groups is 1. The molecule has 0 saturated carbocycles. The largest absolute Gasteiger partial charge is 0.346 e. The first kappa shape index (κ1) is 12.3. The molecule has 0 saturated heterocycles. The quantitative estimate of drug-likeness (QED) is 0.746. The minimum Gasteiger partial charge on any atom is -0.346 e. The Hall–Kier alpha value is -2.15. The van der Waals surface area contributed by atoms with E-state index < -0.39 is 0 Å². The van der Waals surface area contributed by atoms with Crippen molar-refractivity contribution in [3.8, 4) is 0 Å². The molecule has 2 aromatic rings. The maximum Gasteiger partial charge on any atom is 0.271 e. The van der Waals surface area contributed by atoms with Gasteiger partial charge in [0, 0.05) is 44.6 Å². The number of amides is 1. The average Bonchev–Trinajstić information content (AvgIpc) is 2.96. The fraction of sp³-hybridized carbons (Fsp3) is 0.364. The van der Waals surface area contributed by atoms with Crippen molar-refractivity contribution in [3.05, 3.63) is 36.2 Å². The van der Waals surface area contributed by atoms with E-state index in [0.717, 1.165) is 5.56 Å². The van der Waals surface area contributed by atoms with Gasteiger partial charge in [0.15, 0.2) is 0 Å². The summed E-state index contributed by atoms with van der Waals surface area (Å²) in [5, 5.41) is 6.81. The fourth-order valence-electron chi connectivity index (χ4n) is 1.58. The lowest BCUT2D eigenvalue weighted by Gasteiger charge is -2.00. The molecule has 0 aliphatic heterocycles. The van der Waals surface area contributed by atoms with E-state index in [4.69, 9.17) is 5.73 Å². The first-order chi connectivity index (χ1) is 8.69. The van der Waals surface area contributed by atoms with E-state index >= 15 is 0 Å². The highest BCUT2D eigenvalue weighted by molar-refractivity contribution is 5.91. The van der Waals surface area contributed by atoms with Crippen LogP contribution >= 0.6 is 0 Å². The topological polar surface area (TPSA) is 90.8 Å². The van der Waals surface area contributed by atoms with Gasteiger partial charge in [0.05, 0.1) is 12.5 Å². The summed E-state index contributed by atoms with van der Waals surface area (Å²) < 4.78 is 3.48. The molecule has 2 heterocycles. The standard InChI is InChI=1S/C11H16N6O/c1-16-6-9(5-15-16)4-13-11(18)10-7-17(3-2-12)8-14-10/h5-8H,2-4,12H2,1H3,(H,13,18). The van der Waals surface area contributed by atoms with Crippen LogP contribution in [-0.4, -0.2) is 31.8 Å². The van der Waals surface area contributed by atoms with Gasteiger partial charge in [0.1, 0.15) is 5.69 Å². The van der Waals surface area contributed by atoms with Crippen molar-refractivity contribution in [1.82, 2.24) is 24.6 Å². The highest BCUT2D eigenvalue weighted by atomic mass is 16.1. The van der Waals surface area contributed by atoms with Crippen LogP contribution in [0.3, 0.4) is 0 Å². The van der Waals surface area contributed by atoms with Crippen LogP contribution in [0, 0.1) is 0 Å². The number of imidazole rings is 1. The SMILES string of the molecule is Cn1cc(CNC(=O)c2cn(CCN)cn2)cn1. The molecule has 0 bridgehead atoms. The lowest BCUT2D eigenvalue weighted by Crippen LogP contribution is -2.23. The molecule has 3 N–H and O–H groups in total. The Morgan fingerprint density at radius 1 is 1.50 bits per heavy atom. The maximum absolute atomic E-state index is 11.8. The number of aryl methyl sites for hydroxylation is 1. The smallest absolute Gasteiger partial charge is 0.271 e. The predicted molar refractivity (Wildman–Crippen MR) is 65.7 cm³/mol. The lowest BCUT2D eigenvalue weighted by atomic mass is 10.3. The predicted octanol–water partition coefficient (Wildman–Crippen LogP) is -0.495. The van der Waals surface area contributed by atoms with Gasteiger partial charge in [-0.1, -0.05) is 0 Å². The van der Waals surface area contributed by atoms with Crippen LogP contribution in [0.4, 0.5) is 0 Å². The highest BCUT2D eigenvalue weighted by Gasteiger charge is 2.09. The summed E-state index contributed by atoms with van der Waals surface area (Å²) in [6.45, 7) is 1.62. The number of hydrogen-bond donors (Lipinski definition) is 2. The Kier molecular flexibility index (Phi) is 3.73. The van der Waals surface area contributed by atoms with Crippen LogP contribution in [0.1, 0.15) is 16.1 Å². The lowest BCUT2D eigenvalue weighted by molar-refractivity contribution is 0.0946. The maximum atomic E-state index is 11.8. The van der Waals surface area contributed by atoms with Crippen LogP contribution in [0.25, 0.3) is 0 Å². The normalized spacial score (nSPS) is 10.6. The molecule has 7 heteroatoms. The molecule has 2 rings (SSSR count). The van der Waals surface area contributed by atoms with Gasteiger partial charge in [0.25, 0.3) is 5.91 Å². The van der Waals surface area contributed by atoms with Crippen molar-refractivity contribution >= 4 is 5.91 Å². The van der Waals surface area contributed by atoms with Crippen LogP contribution in [0.15, 0.2) is 24.9 Å². The molecule has 1 amide bonds. The van der Waals surface area contributed by atoms with Crippen molar-refractivity contribution < 1.29 is 4.79 Å². The Bertz CT molecular complexity index is 529. The number of hydrogen-bond acceptors (Lipinski definition) is 4. The van der Waals surface area contributed by atoms with Crippen molar-refractivity contribution in [2.75, 3.05) is 6.54 Å². The van der Waals surface area contributed by atoms with E-state index in [0.29, 0.717) is 25.3 Å². The first-order valence-corrected chi connectivity index (χ1v) is 5.66. The van der Waals surface area contributed by atoms with Gasteiger partial charge in [-0.05, 0) is 0 Å². The van der Waals surface area contributed by atoms with Crippen LogP contribution in [0.5, 0.6) is 0 Å². The molecule has 0 radical (unpaired) electrons. The molecule has 0 aromatic carbocycles. The summed E-state index contributed by atoms with van der Waals surface area (Å²) in [4.78, 5) is 15.8. The van der Waals surface area contributed by atoms with E-state index in [9.17, 15) is 4.79 Å². The summed E-state index contributed by atoms with van der Waals surface area (Å²) in [6, 6.07) is 0. The monoisotopic (exact) mass is 248 g/mol. The molecule has 0 fully saturated rings. The number of aromatic nitrogens is 4. The molecular formula is C11H16N6O. The molecule has 2 aromatic heterocycles. The van der Waals surface area contributed by atoms with Gasteiger partial charge in [-0.15, -0.1) is 0 Å². The highest BCUT2D eigenvalue weighted by Crippen LogP contribution is 1.99. The number of rotatable bonds is 5. The third kappa shape index (κ3) is 2.95. The zero-order valence-electron chi connectivity index (χ0n) is 10.2. The Morgan fingerprint density at radius 2 is 2.33 bits per heavy atom. The number of nitrogens with zero attached hydrogens (tertiary/aromatic N) is 4. The molecule has 0 unspecified atom stereocenters. The summed E-state index contributed by atoms with van der Waals surface area (Å²) >= 11 is 0. The van der Waals surface area contributed by atoms with E-state index in [1.807, 2.05) is 13.2 Å². The van der Waals surface area contributed by atoms with Gasteiger partial charge >= 0.3 is 0 Å². The second-order valence-corrected chi connectivity index (χ2v) is 3.99. The van der Waals surface area contributed by atoms with Crippen LogP contribution in [0.2, 0.25) is 0 Å². The summed E-state index contributed by atoms with van der Waals surface area (Å²) in [7, 11) is 1.83. The minimum atomic E-state index is -0.199. The molecular weight excluding hydrogens is 232 g/mol. The molecule has 7 nitrogen and oxygen atoms in total. The van der Waals surface area contributed by atoms with E-state index in [1.54, 1.807) is 28.0 Å². The summed E-state index contributed by atoms with van der Waals surface area (Å²) in [6.07, 6.45) is 6.86. The summed E-state index contributed by atoms with van der Waals surface area (Å²) in [5.41, 5.74) is 6.77.